The Kier molecular flexibility index (Phi) is 42.5. The van der Waals surface area contributed by atoms with Gasteiger partial charge in [0.1, 0.15) is 6.42 Å². The number of amides is 3. The van der Waals surface area contributed by atoms with Crippen molar-refractivity contribution in [3.05, 3.63) is 0 Å². The summed E-state index contributed by atoms with van der Waals surface area (Å²) in [5.74, 6) is -0.108. The molecule has 0 aliphatic rings. The van der Waals surface area contributed by atoms with E-state index in [1.54, 1.807) is 42.8 Å². The largest absolute Gasteiger partial charge is 0.346 e. The molecule has 0 bridgehead atoms. The molecule has 0 atom stereocenters. The molecule has 0 spiro atoms. The Balaban J connectivity index is -0.000000107. The van der Waals surface area contributed by atoms with Gasteiger partial charge >= 0.3 is 0 Å². The van der Waals surface area contributed by atoms with Crippen LogP contribution in [0.2, 0.25) is 0 Å². The van der Waals surface area contributed by atoms with Gasteiger partial charge in [0.05, 0.1) is 0 Å². The Bertz CT molecular complexity index is 364. The van der Waals surface area contributed by atoms with E-state index in [-0.39, 0.29) is 24.1 Å². The third-order valence-electron chi connectivity index (χ3n) is 4.32. The zero-order valence-electron chi connectivity index (χ0n) is 23.4. The Morgan fingerprint density at radius 3 is 1.00 bits per heavy atom. The van der Waals surface area contributed by atoms with Gasteiger partial charge < -0.3 is 14.7 Å². The van der Waals surface area contributed by atoms with Gasteiger partial charge in [-0.2, -0.15) is 0 Å². The van der Waals surface area contributed by atoms with Crippen LogP contribution < -0.4 is 0 Å². The number of nitrogens with zero attached hydrogens (tertiary/aromatic N) is 3. The average Bonchev–Trinajstić information content (AvgIpc) is 2.80. The minimum Gasteiger partial charge on any atom is -0.346 e. The maximum Gasteiger partial charge on any atom is 0.231 e. The highest BCUT2D eigenvalue weighted by Crippen LogP contribution is 2.00. The van der Waals surface area contributed by atoms with Crippen LogP contribution >= 0.6 is 0 Å². The third kappa shape index (κ3) is 33.3. The van der Waals surface area contributed by atoms with Crippen molar-refractivity contribution in [1.82, 2.24) is 14.7 Å². The number of hydrogen-bond donors (Lipinski definition) is 0. The van der Waals surface area contributed by atoms with Gasteiger partial charge in [-0.1, -0.05) is 73.6 Å². The molecule has 0 unspecified atom stereocenters. The molecule has 6 heteroatoms. The summed E-state index contributed by atoms with van der Waals surface area (Å²) in [6.45, 7) is 21.8. The summed E-state index contributed by atoms with van der Waals surface area (Å²) >= 11 is 0. The SMILES string of the molecule is CC.CC.CCCCCCC.CCN(C)C(=O)CC(=O)N(C)CC.CCN(C)C(C)=O. The summed E-state index contributed by atoms with van der Waals surface area (Å²) in [4.78, 5) is 37.6. The number of unbranched alkanes of at least 4 members (excludes halogenated alkanes) is 4. The van der Waals surface area contributed by atoms with Crippen molar-refractivity contribution >= 4 is 17.7 Å². The van der Waals surface area contributed by atoms with Crippen LogP contribution in [0.25, 0.3) is 0 Å². The first-order chi connectivity index (χ1) is 14.6. The van der Waals surface area contributed by atoms with E-state index in [0.717, 1.165) is 6.54 Å². The lowest BCUT2D eigenvalue weighted by Gasteiger charge is -2.17. The van der Waals surface area contributed by atoms with Crippen LogP contribution in [-0.2, 0) is 14.4 Å². The van der Waals surface area contributed by atoms with Crippen molar-refractivity contribution in [2.75, 3.05) is 40.8 Å². The van der Waals surface area contributed by atoms with E-state index in [1.807, 2.05) is 48.5 Å². The molecule has 0 aromatic carbocycles. The fourth-order valence-electron chi connectivity index (χ4n) is 1.65. The van der Waals surface area contributed by atoms with Crippen LogP contribution in [0.4, 0.5) is 0 Å². The van der Waals surface area contributed by atoms with Gasteiger partial charge in [0.2, 0.25) is 17.7 Å². The molecule has 0 saturated heterocycles. The highest BCUT2D eigenvalue weighted by molar-refractivity contribution is 5.96. The molecule has 3 amide bonds. The molecule has 0 heterocycles. The molecule has 0 aliphatic carbocycles. The molecule has 31 heavy (non-hydrogen) atoms. The van der Waals surface area contributed by atoms with Gasteiger partial charge in [-0.25, -0.2) is 0 Å². The first-order valence-corrected chi connectivity index (χ1v) is 12.3. The molecular weight excluding hydrogens is 390 g/mol. The predicted molar refractivity (Wildman–Crippen MR) is 137 cm³/mol. The number of carbonyl (C=O) groups is 3. The molecule has 0 saturated carbocycles. The molecule has 0 rings (SSSR count). The van der Waals surface area contributed by atoms with Crippen molar-refractivity contribution in [3.63, 3.8) is 0 Å². The van der Waals surface area contributed by atoms with E-state index < -0.39 is 0 Å². The Morgan fingerprint density at radius 2 is 0.839 bits per heavy atom. The molecule has 0 radical (unpaired) electrons. The van der Waals surface area contributed by atoms with Crippen molar-refractivity contribution < 1.29 is 14.4 Å². The van der Waals surface area contributed by atoms with Gasteiger partial charge in [0.25, 0.3) is 0 Å². The molecule has 190 valence electrons. The molecule has 0 N–H and O–H groups in total. The zero-order valence-corrected chi connectivity index (χ0v) is 23.4. The normalized spacial score (nSPS) is 8.42. The lowest BCUT2D eigenvalue weighted by molar-refractivity contribution is -0.139. The summed E-state index contributed by atoms with van der Waals surface area (Å²) in [7, 11) is 5.17. The molecule has 0 aliphatic heterocycles. The number of rotatable bonds is 9. The smallest absolute Gasteiger partial charge is 0.231 e. The summed E-state index contributed by atoms with van der Waals surface area (Å²) in [5.41, 5.74) is 0. The number of carbonyl (C=O) groups excluding carboxylic acids is 3. The first-order valence-electron chi connectivity index (χ1n) is 12.3. The van der Waals surface area contributed by atoms with Crippen molar-refractivity contribution in [2.24, 2.45) is 0 Å². The molecular formula is C25H57N3O3. The Hall–Kier alpha value is -1.59. The second kappa shape index (κ2) is 33.1. The topological polar surface area (TPSA) is 60.9 Å². The molecule has 6 nitrogen and oxygen atoms in total. The maximum atomic E-state index is 11.3. The molecule has 0 aromatic rings. The van der Waals surface area contributed by atoms with Crippen molar-refractivity contribution in [1.29, 1.82) is 0 Å². The van der Waals surface area contributed by atoms with Crippen LogP contribution in [0.3, 0.4) is 0 Å². The highest BCUT2D eigenvalue weighted by atomic mass is 16.2. The first kappa shape index (κ1) is 39.8. The lowest BCUT2D eigenvalue weighted by atomic mass is 10.2. The summed E-state index contributed by atoms with van der Waals surface area (Å²) in [5, 5.41) is 0. The van der Waals surface area contributed by atoms with Crippen LogP contribution in [0, 0.1) is 0 Å². The van der Waals surface area contributed by atoms with Gasteiger partial charge in [-0.05, 0) is 20.8 Å². The van der Waals surface area contributed by atoms with Crippen molar-refractivity contribution in [2.45, 2.75) is 108 Å². The monoisotopic (exact) mass is 447 g/mol. The minimum atomic E-state index is -0.118. The molecule has 0 aromatic heterocycles. The summed E-state index contributed by atoms with van der Waals surface area (Å²) in [6.07, 6.45) is 6.99. The zero-order chi connectivity index (χ0) is 25.8. The van der Waals surface area contributed by atoms with E-state index in [4.69, 9.17) is 0 Å². The Labute approximate surface area is 195 Å². The predicted octanol–water partition coefficient (Wildman–Crippen LogP) is 5.85. The van der Waals surface area contributed by atoms with E-state index in [1.165, 1.54) is 32.1 Å². The van der Waals surface area contributed by atoms with Crippen molar-refractivity contribution in [3.8, 4) is 0 Å². The van der Waals surface area contributed by atoms with Crippen LogP contribution in [0.5, 0.6) is 0 Å². The summed E-state index contributed by atoms with van der Waals surface area (Å²) in [6, 6.07) is 0. The van der Waals surface area contributed by atoms with Gasteiger partial charge in [-0.3, -0.25) is 14.4 Å². The van der Waals surface area contributed by atoms with E-state index in [9.17, 15) is 14.4 Å². The molecule has 0 fully saturated rings. The second-order valence-electron chi connectivity index (χ2n) is 6.59. The summed E-state index contributed by atoms with van der Waals surface area (Å²) < 4.78 is 0. The van der Waals surface area contributed by atoms with E-state index in [0.29, 0.717) is 13.1 Å². The number of hydrogen-bond acceptors (Lipinski definition) is 3. The third-order valence-corrected chi connectivity index (χ3v) is 4.32. The van der Waals surface area contributed by atoms with E-state index in [2.05, 4.69) is 13.8 Å². The maximum absolute atomic E-state index is 11.3. The van der Waals surface area contributed by atoms with Gasteiger partial charge in [-0.15, -0.1) is 0 Å². The lowest BCUT2D eigenvalue weighted by Crippen LogP contribution is -2.34. The highest BCUT2D eigenvalue weighted by Gasteiger charge is 2.14. The average molecular weight is 448 g/mol. The van der Waals surface area contributed by atoms with Gasteiger partial charge in [0, 0.05) is 47.7 Å². The Morgan fingerprint density at radius 1 is 0.548 bits per heavy atom. The fourth-order valence-corrected chi connectivity index (χ4v) is 1.65. The standard InChI is InChI=1S/C9H18N2O2.C7H16.C5H11NO.2C2H6/c1-5-10(3)8(12)7-9(13)11(4)6-2;1-3-5-7-6-4-2;1-4-6(3)5(2)7;2*1-2/h5-7H2,1-4H3;3-7H2,1-2H3;4H2,1-3H3;2*1-2H3. The van der Waals surface area contributed by atoms with Crippen LogP contribution in [-0.4, -0.2) is 73.2 Å². The fraction of sp³-hybridized carbons (Fsp3) is 0.880. The van der Waals surface area contributed by atoms with Gasteiger partial charge in [0.15, 0.2) is 0 Å². The quantitative estimate of drug-likeness (QED) is 0.329. The van der Waals surface area contributed by atoms with Crippen LogP contribution in [0.1, 0.15) is 108 Å². The van der Waals surface area contributed by atoms with E-state index >= 15 is 0 Å². The second-order valence-corrected chi connectivity index (χ2v) is 6.59. The van der Waals surface area contributed by atoms with Crippen LogP contribution in [0.15, 0.2) is 0 Å². The minimum absolute atomic E-state index is 0.0192.